The Labute approximate surface area is 113 Å². The summed E-state index contributed by atoms with van der Waals surface area (Å²) in [6.07, 6.45) is 5.70. The lowest BCUT2D eigenvalue weighted by molar-refractivity contribution is 0.106. The highest BCUT2D eigenvalue weighted by molar-refractivity contribution is 5.91. The summed E-state index contributed by atoms with van der Waals surface area (Å²) >= 11 is 0. The van der Waals surface area contributed by atoms with Crippen molar-refractivity contribution in [2.75, 3.05) is 11.9 Å². The maximum atomic E-state index is 10.2. The van der Waals surface area contributed by atoms with Gasteiger partial charge in [-0.15, -0.1) is 5.10 Å². The summed E-state index contributed by atoms with van der Waals surface area (Å²) in [5.74, 6) is 0.865. The summed E-state index contributed by atoms with van der Waals surface area (Å²) in [6.45, 7) is 0. The molecule has 4 nitrogen and oxygen atoms in total. The molecule has 1 aliphatic rings. The Morgan fingerprint density at radius 2 is 2.00 bits per heavy atom. The quantitative estimate of drug-likeness (QED) is 0.897. The van der Waals surface area contributed by atoms with Gasteiger partial charge >= 0.3 is 0 Å². The Balaban J connectivity index is 1.99. The van der Waals surface area contributed by atoms with Crippen molar-refractivity contribution in [1.82, 2.24) is 10.2 Å². The minimum absolute atomic E-state index is 0.147. The van der Waals surface area contributed by atoms with Crippen LogP contribution < -0.4 is 4.90 Å². The molecule has 0 aliphatic heterocycles. The number of aliphatic hydroxyl groups is 1. The lowest BCUT2D eigenvalue weighted by Crippen LogP contribution is -2.44. The number of likely N-dealkylation sites (N-methyl/N-ethyl adjacent to an activating group) is 1. The van der Waals surface area contributed by atoms with Crippen LogP contribution in [0.4, 0.5) is 5.82 Å². The number of nitrogens with zero attached hydrogens (tertiary/aromatic N) is 3. The number of aliphatic hydroxyl groups excluding tert-OH is 1. The van der Waals surface area contributed by atoms with Crippen LogP contribution in [0.5, 0.6) is 0 Å². The Morgan fingerprint density at radius 1 is 1.21 bits per heavy atom. The van der Waals surface area contributed by atoms with E-state index in [0.29, 0.717) is 0 Å². The Morgan fingerprint density at radius 3 is 2.84 bits per heavy atom. The van der Waals surface area contributed by atoms with E-state index >= 15 is 0 Å². The molecular formula is C15H19N3O. The van der Waals surface area contributed by atoms with Crippen molar-refractivity contribution in [2.24, 2.45) is 0 Å². The average Bonchev–Trinajstić information content (AvgIpc) is 2.46. The minimum atomic E-state index is -0.264. The molecule has 2 atom stereocenters. The molecule has 1 heterocycles. The second kappa shape index (κ2) is 5.13. The van der Waals surface area contributed by atoms with E-state index in [1.54, 1.807) is 6.20 Å². The van der Waals surface area contributed by atoms with Crippen LogP contribution in [0, 0.1) is 0 Å². The number of fused-ring (bicyclic) bond motifs is 1. The van der Waals surface area contributed by atoms with Crippen molar-refractivity contribution >= 4 is 16.6 Å². The molecule has 4 heteroatoms. The smallest absolute Gasteiger partial charge is 0.159 e. The standard InChI is InChI=1S/C15H19N3O/c1-18(13-8-4-5-9-14(13)19)15-12-7-3-2-6-11(12)10-16-17-15/h2-3,6-7,10,13-14,19H,4-5,8-9H2,1H3. The van der Waals surface area contributed by atoms with E-state index in [-0.39, 0.29) is 12.1 Å². The largest absolute Gasteiger partial charge is 0.391 e. The highest BCUT2D eigenvalue weighted by Gasteiger charge is 2.28. The summed E-state index contributed by atoms with van der Waals surface area (Å²) in [7, 11) is 2.01. The van der Waals surface area contributed by atoms with Gasteiger partial charge in [0.05, 0.1) is 18.3 Å². The van der Waals surface area contributed by atoms with Gasteiger partial charge in [0.2, 0.25) is 0 Å². The fourth-order valence-electron chi connectivity index (χ4n) is 2.97. The van der Waals surface area contributed by atoms with E-state index in [1.807, 2.05) is 25.2 Å². The summed E-state index contributed by atoms with van der Waals surface area (Å²) in [4.78, 5) is 2.10. The Bertz CT molecular complexity index is 567. The first-order valence-electron chi connectivity index (χ1n) is 6.88. The zero-order valence-corrected chi connectivity index (χ0v) is 11.2. The van der Waals surface area contributed by atoms with Gasteiger partial charge in [-0.25, -0.2) is 0 Å². The maximum absolute atomic E-state index is 10.2. The molecule has 1 N–H and O–H groups in total. The molecule has 1 saturated carbocycles. The average molecular weight is 257 g/mol. The van der Waals surface area contributed by atoms with Crippen LogP contribution in [-0.2, 0) is 0 Å². The van der Waals surface area contributed by atoms with Crippen LogP contribution in [0.3, 0.4) is 0 Å². The Kier molecular flexibility index (Phi) is 3.34. The number of benzene rings is 1. The lowest BCUT2D eigenvalue weighted by atomic mass is 9.91. The van der Waals surface area contributed by atoms with Crippen molar-refractivity contribution in [1.29, 1.82) is 0 Å². The monoisotopic (exact) mass is 257 g/mol. The molecule has 3 rings (SSSR count). The van der Waals surface area contributed by atoms with Crippen LogP contribution in [0.25, 0.3) is 10.8 Å². The first kappa shape index (κ1) is 12.4. The van der Waals surface area contributed by atoms with E-state index in [0.717, 1.165) is 35.9 Å². The van der Waals surface area contributed by atoms with Crippen LogP contribution >= 0.6 is 0 Å². The molecule has 0 spiro atoms. The van der Waals surface area contributed by atoms with Gasteiger partial charge in [-0.05, 0) is 12.8 Å². The molecule has 1 aromatic carbocycles. The second-order valence-electron chi connectivity index (χ2n) is 5.29. The van der Waals surface area contributed by atoms with E-state index in [1.165, 1.54) is 6.42 Å². The van der Waals surface area contributed by atoms with Crippen LogP contribution in [0.15, 0.2) is 30.5 Å². The lowest BCUT2D eigenvalue weighted by Gasteiger charge is -2.36. The normalized spacial score (nSPS) is 23.5. The highest BCUT2D eigenvalue weighted by Crippen LogP contribution is 2.29. The van der Waals surface area contributed by atoms with E-state index in [9.17, 15) is 5.11 Å². The summed E-state index contributed by atoms with van der Waals surface area (Å²) in [5, 5.41) is 20.7. The molecule has 19 heavy (non-hydrogen) atoms. The zero-order valence-electron chi connectivity index (χ0n) is 11.2. The van der Waals surface area contributed by atoms with Crippen molar-refractivity contribution in [3.8, 4) is 0 Å². The fraction of sp³-hybridized carbons (Fsp3) is 0.467. The summed E-state index contributed by atoms with van der Waals surface area (Å²) in [5.41, 5.74) is 0. The molecule has 0 radical (unpaired) electrons. The fourth-order valence-corrected chi connectivity index (χ4v) is 2.97. The van der Waals surface area contributed by atoms with Crippen LogP contribution in [0.2, 0.25) is 0 Å². The zero-order chi connectivity index (χ0) is 13.2. The summed E-state index contributed by atoms with van der Waals surface area (Å²) < 4.78 is 0. The molecule has 2 unspecified atom stereocenters. The predicted molar refractivity (Wildman–Crippen MR) is 76.2 cm³/mol. The van der Waals surface area contributed by atoms with Gasteiger partial charge in [0.25, 0.3) is 0 Å². The van der Waals surface area contributed by atoms with Gasteiger partial charge in [-0.3, -0.25) is 0 Å². The van der Waals surface area contributed by atoms with Gasteiger partial charge < -0.3 is 10.0 Å². The number of hydrogen-bond donors (Lipinski definition) is 1. The van der Waals surface area contributed by atoms with Gasteiger partial charge in [0.15, 0.2) is 5.82 Å². The topological polar surface area (TPSA) is 49.2 Å². The number of aromatic nitrogens is 2. The molecule has 0 amide bonds. The van der Waals surface area contributed by atoms with E-state index in [2.05, 4.69) is 21.2 Å². The second-order valence-corrected chi connectivity index (χ2v) is 5.29. The first-order chi connectivity index (χ1) is 9.27. The third-order valence-electron chi connectivity index (χ3n) is 4.08. The summed E-state index contributed by atoms with van der Waals surface area (Å²) in [6, 6.07) is 8.26. The SMILES string of the molecule is CN(c1nncc2ccccc12)C1CCCCC1O. The maximum Gasteiger partial charge on any atom is 0.159 e. The number of hydrogen-bond acceptors (Lipinski definition) is 4. The molecule has 0 bridgehead atoms. The molecule has 1 aromatic heterocycles. The first-order valence-corrected chi connectivity index (χ1v) is 6.88. The van der Waals surface area contributed by atoms with Crippen LogP contribution in [-0.4, -0.2) is 34.5 Å². The van der Waals surface area contributed by atoms with Crippen molar-refractivity contribution < 1.29 is 5.11 Å². The van der Waals surface area contributed by atoms with E-state index in [4.69, 9.17) is 0 Å². The molecule has 1 aliphatic carbocycles. The Hall–Kier alpha value is -1.68. The van der Waals surface area contributed by atoms with Gasteiger partial charge in [0, 0.05) is 17.8 Å². The van der Waals surface area contributed by atoms with Crippen molar-refractivity contribution in [3.63, 3.8) is 0 Å². The highest BCUT2D eigenvalue weighted by atomic mass is 16.3. The molecule has 100 valence electrons. The van der Waals surface area contributed by atoms with Crippen molar-refractivity contribution in [2.45, 2.75) is 37.8 Å². The molecule has 2 aromatic rings. The third-order valence-corrected chi connectivity index (χ3v) is 4.08. The minimum Gasteiger partial charge on any atom is -0.391 e. The van der Waals surface area contributed by atoms with Gasteiger partial charge in [-0.1, -0.05) is 37.1 Å². The molecular weight excluding hydrogens is 238 g/mol. The number of rotatable bonds is 2. The van der Waals surface area contributed by atoms with Gasteiger partial charge in [-0.2, -0.15) is 5.10 Å². The van der Waals surface area contributed by atoms with Crippen LogP contribution in [0.1, 0.15) is 25.7 Å². The number of anilines is 1. The molecule has 0 saturated heterocycles. The van der Waals surface area contributed by atoms with Gasteiger partial charge in [0.1, 0.15) is 0 Å². The predicted octanol–water partition coefficient (Wildman–Crippen LogP) is 2.37. The third kappa shape index (κ3) is 2.28. The van der Waals surface area contributed by atoms with Crippen molar-refractivity contribution in [3.05, 3.63) is 30.5 Å². The molecule has 1 fully saturated rings. The van der Waals surface area contributed by atoms with E-state index < -0.39 is 0 Å².